The molecule has 6 atom stereocenters. The van der Waals surface area contributed by atoms with Crippen molar-refractivity contribution >= 4 is 29.8 Å². The summed E-state index contributed by atoms with van der Waals surface area (Å²) >= 11 is 0. The summed E-state index contributed by atoms with van der Waals surface area (Å²) in [5.41, 5.74) is -2.55. The van der Waals surface area contributed by atoms with Crippen molar-refractivity contribution in [2.45, 2.75) is 550 Å². The third kappa shape index (κ3) is 37.3. The summed E-state index contributed by atoms with van der Waals surface area (Å²) in [7, 11) is 0. The van der Waals surface area contributed by atoms with E-state index in [2.05, 4.69) is 76.2 Å². The van der Waals surface area contributed by atoms with Gasteiger partial charge in [0.25, 0.3) is 0 Å². The molecule has 0 aliphatic heterocycles. The van der Waals surface area contributed by atoms with Crippen LogP contribution in [0.25, 0.3) is 0 Å². The van der Waals surface area contributed by atoms with Gasteiger partial charge in [-0.15, -0.1) is 0 Å². The predicted molar refractivity (Wildman–Crippen MR) is 495 cm³/mol. The van der Waals surface area contributed by atoms with E-state index < -0.39 is 0 Å². The Kier molecular flexibility index (Phi) is 72.7. The molecule has 0 saturated heterocycles. The third-order valence-electron chi connectivity index (χ3n) is 26.8. The first kappa shape index (κ1) is 134. The van der Waals surface area contributed by atoms with Crippen molar-refractivity contribution in [1.29, 1.82) is 0 Å². The maximum atomic E-state index is 12.8. The van der Waals surface area contributed by atoms with Crippen molar-refractivity contribution in [3.05, 3.63) is 0 Å². The first-order valence-corrected chi connectivity index (χ1v) is 42.6. The molecule has 0 amide bonds. The van der Waals surface area contributed by atoms with Crippen LogP contribution >= 0.6 is 0 Å². The molecule has 4 bridgehead atoms. The maximum absolute atomic E-state index is 12.8. The predicted octanol–water partition coefficient (Wildman–Crippen LogP) is 33.9. The molecule has 0 N–H and O–H groups in total. The van der Waals surface area contributed by atoms with Crippen molar-refractivity contribution in [2.24, 2.45) is 73.4 Å². The molecule has 6 unspecified atom stereocenters. The minimum atomic E-state index is -0.370. The number of fused-ring (bicyclic) bond motifs is 4. The summed E-state index contributed by atoms with van der Waals surface area (Å²) in [5.74, 6) is 3.71. The summed E-state index contributed by atoms with van der Waals surface area (Å²) in [6.07, 6.45) is 38.8. The van der Waals surface area contributed by atoms with Gasteiger partial charge in [-0.05, 0) is 293 Å². The molecule has 8 aliphatic rings. The van der Waals surface area contributed by atoms with E-state index in [9.17, 15) is 24.0 Å². The quantitative estimate of drug-likeness (QED) is 0.0742. The average Bonchev–Trinajstić information content (AvgIpc) is 1.53. The monoisotopic (exact) mass is 1580 g/mol. The number of rotatable bonds is 18. The summed E-state index contributed by atoms with van der Waals surface area (Å²) in [5, 5.41) is 0. The van der Waals surface area contributed by atoms with Gasteiger partial charge < -0.3 is 23.7 Å². The smallest absolute Gasteiger partial charge is 0.312 e. The van der Waals surface area contributed by atoms with Crippen LogP contribution in [-0.4, -0.2) is 57.9 Å². The lowest BCUT2D eigenvalue weighted by Gasteiger charge is -2.47. The van der Waals surface area contributed by atoms with Crippen LogP contribution in [-0.2, 0) is 47.7 Å². The highest BCUT2D eigenvalue weighted by Gasteiger charge is 2.69. The molecule has 8 saturated carbocycles. The van der Waals surface area contributed by atoms with Gasteiger partial charge in [0.2, 0.25) is 0 Å². The molecular formula is C100H214O10. The molecule has 8 rings (SSSR count). The lowest BCUT2D eigenvalue weighted by molar-refractivity contribution is -0.187. The van der Waals surface area contributed by atoms with Gasteiger partial charge in [0.1, 0.15) is 28.0 Å². The number of hydrogen-bond donors (Lipinski definition) is 0. The molecule has 10 nitrogen and oxygen atoms in total. The van der Waals surface area contributed by atoms with E-state index in [1.165, 1.54) is 154 Å². The molecule has 0 spiro atoms. The lowest BCUT2D eigenvalue weighted by Crippen LogP contribution is -2.49. The van der Waals surface area contributed by atoms with Crippen LogP contribution in [0.3, 0.4) is 0 Å². The summed E-state index contributed by atoms with van der Waals surface area (Å²) in [4.78, 5) is 61.5. The van der Waals surface area contributed by atoms with Gasteiger partial charge in [-0.25, -0.2) is 0 Å². The molecular weight excluding hydrogens is 1360 g/mol. The van der Waals surface area contributed by atoms with Crippen LogP contribution < -0.4 is 0 Å². The van der Waals surface area contributed by atoms with Gasteiger partial charge in [0.05, 0.1) is 27.1 Å². The number of hydrogen-bond acceptors (Lipinski definition) is 10. The van der Waals surface area contributed by atoms with E-state index in [0.29, 0.717) is 29.6 Å². The fraction of sp³-hybridized carbons (Fsp3) is 0.950. The Hall–Kier alpha value is -2.65. The van der Waals surface area contributed by atoms with Gasteiger partial charge in [0, 0.05) is 5.41 Å². The summed E-state index contributed by atoms with van der Waals surface area (Å²) in [6, 6.07) is 0. The molecule has 0 radical (unpaired) electrons. The second-order valence-corrected chi connectivity index (χ2v) is 35.9. The molecule has 0 heterocycles. The van der Waals surface area contributed by atoms with Crippen LogP contribution in [0.2, 0.25) is 0 Å². The van der Waals surface area contributed by atoms with Crippen LogP contribution in [0, 0.1) is 73.4 Å². The summed E-state index contributed by atoms with van der Waals surface area (Å²) < 4.78 is 29.8. The Balaban J connectivity index is -0.000000104. The zero-order chi connectivity index (χ0) is 78.2. The molecule has 8 fully saturated rings. The van der Waals surface area contributed by atoms with Gasteiger partial charge >= 0.3 is 29.8 Å². The molecule has 0 aromatic rings. The standard InChI is InChI=1S/C20H36O2.C17H30O2.C15H28O2.C14H24O2.C14H26O2.5C2H6.10CH4/c1-5-19(2,3)18(21)22-20(4,16-12-8-6-9-13-16)17-14-10-7-11-15-17;1-8-14(2,3)13(18)19-17(7)11-12-9-10-16(17,6)15(12,4)5;1-6-14(2,3)13(16)17-15(4,5)12-10-8-7-9-11-12;1-5-13(2,3)12(15)16-14(4)9-10-6-7-11(14)8-10;1-5-13(2,3)12(15)16-14(4)10-8-6-7-9-11-14;5*1-2;;;;;;;;;;/h16-17H,5-15H2,1-4H3;12H,8-11H2,1-7H3;12H,6-11H2,1-5H3;10-11H,5-9H2,1-4H3;5-11H2,1-4H3;5*1-2H3;10*1H4. The Morgan fingerprint density at radius 2 is 0.618 bits per heavy atom. The van der Waals surface area contributed by atoms with E-state index in [1.54, 1.807) is 0 Å². The van der Waals surface area contributed by atoms with E-state index in [0.717, 1.165) is 63.7 Å². The highest BCUT2D eigenvalue weighted by Crippen LogP contribution is 2.71. The molecule has 0 aromatic carbocycles. The van der Waals surface area contributed by atoms with Crippen LogP contribution in [0.1, 0.15) is 522 Å². The van der Waals surface area contributed by atoms with Gasteiger partial charge in [-0.2, -0.15) is 0 Å². The van der Waals surface area contributed by atoms with Gasteiger partial charge in [0.15, 0.2) is 0 Å². The minimum Gasteiger partial charge on any atom is -0.459 e. The van der Waals surface area contributed by atoms with Crippen molar-refractivity contribution in [3.8, 4) is 0 Å². The van der Waals surface area contributed by atoms with Gasteiger partial charge in [-0.1, -0.05) is 270 Å². The highest BCUT2D eigenvalue weighted by molar-refractivity contribution is 5.78. The van der Waals surface area contributed by atoms with Gasteiger partial charge in [-0.3, -0.25) is 24.0 Å². The van der Waals surface area contributed by atoms with E-state index in [-0.39, 0.29) is 170 Å². The fourth-order valence-corrected chi connectivity index (χ4v) is 16.2. The summed E-state index contributed by atoms with van der Waals surface area (Å²) in [6.45, 7) is 70.0. The lowest BCUT2D eigenvalue weighted by atomic mass is 9.65. The van der Waals surface area contributed by atoms with Crippen LogP contribution in [0.5, 0.6) is 0 Å². The number of ether oxygens (including phenoxy) is 5. The van der Waals surface area contributed by atoms with Crippen molar-refractivity contribution in [1.82, 2.24) is 0 Å². The Morgan fingerprint density at radius 3 is 0.909 bits per heavy atom. The molecule has 0 aromatic heterocycles. The zero-order valence-electron chi connectivity index (χ0n) is 73.4. The molecule has 110 heavy (non-hydrogen) atoms. The maximum Gasteiger partial charge on any atom is 0.312 e. The van der Waals surface area contributed by atoms with Crippen LogP contribution in [0.15, 0.2) is 0 Å². The molecule has 674 valence electrons. The Bertz CT molecular complexity index is 2260. The van der Waals surface area contributed by atoms with Crippen molar-refractivity contribution in [2.75, 3.05) is 0 Å². The zero-order valence-corrected chi connectivity index (χ0v) is 73.4. The highest BCUT2D eigenvalue weighted by atomic mass is 16.6. The van der Waals surface area contributed by atoms with Crippen LogP contribution in [0.4, 0.5) is 0 Å². The third-order valence-corrected chi connectivity index (χ3v) is 26.8. The van der Waals surface area contributed by atoms with Crippen molar-refractivity contribution < 1.29 is 47.7 Å². The Labute approximate surface area is 696 Å². The first-order valence-electron chi connectivity index (χ1n) is 42.6. The van der Waals surface area contributed by atoms with Crippen molar-refractivity contribution in [3.63, 3.8) is 0 Å². The normalized spacial score (nSPS) is 23.3. The SMILES string of the molecule is C.C.C.C.C.C.C.C.C.C.CC.CC.CC.CC.CC.CCC(C)(C)C(=O)OC(C)(C)C1CCCCC1.CCC(C)(C)C(=O)OC(C)(C1CCCCC1)C1CCCCC1.CCC(C)(C)C(=O)OC1(C)CC2CCC1(C)C2(C)C.CCC(C)(C)C(=O)OC1(C)CC2CCC1C2.CCC(C)(C)C(=O)OC1(C)CCCCCC1. The minimum absolute atomic E-state index is 0. The van der Waals surface area contributed by atoms with E-state index in [1.807, 2.05) is 159 Å². The Morgan fingerprint density at radius 1 is 0.318 bits per heavy atom. The second-order valence-electron chi connectivity index (χ2n) is 35.9. The van der Waals surface area contributed by atoms with E-state index >= 15 is 0 Å². The van der Waals surface area contributed by atoms with E-state index in [4.69, 9.17) is 23.7 Å². The average molecular weight is 1580 g/mol. The molecule has 8 aliphatic carbocycles. The number of carbonyl (C=O) groups excluding carboxylic acids is 5. The fourth-order valence-electron chi connectivity index (χ4n) is 16.2. The molecule has 10 heteroatoms. The second kappa shape index (κ2) is 59.9. The largest absolute Gasteiger partial charge is 0.459 e. The number of esters is 5. The first-order chi connectivity index (χ1) is 46.5. The topological polar surface area (TPSA) is 132 Å². The number of carbonyl (C=O) groups is 5.